The molecule has 8 nitrogen and oxygen atoms in total. The van der Waals surface area contributed by atoms with Crippen LogP contribution >= 0.6 is 0 Å². The average Bonchev–Trinajstić information content (AvgIpc) is 3.75. The highest BCUT2D eigenvalue weighted by Gasteiger charge is 2.44. The van der Waals surface area contributed by atoms with Crippen molar-refractivity contribution in [1.82, 2.24) is 14.0 Å². The number of nitrogens with zero attached hydrogens (tertiary/aromatic N) is 3. The van der Waals surface area contributed by atoms with E-state index in [1.165, 1.54) is 4.90 Å². The van der Waals surface area contributed by atoms with Crippen LogP contribution in [0.5, 0.6) is 17.2 Å². The molecule has 0 radical (unpaired) electrons. The maximum atomic E-state index is 14.5. The van der Waals surface area contributed by atoms with Crippen LogP contribution in [0.4, 0.5) is 0 Å². The highest BCUT2D eigenvalue weighted by Crippen LogP contribution is 2.53. The summed E-state index contributed by atoms with van der Waals surface area (Å²) in [4.78, 5) is 30.4. The molecule has 3 aliphatic rings. The molecule has 0 saturated heterocycles. The number of allylic oxidation sites excluding steroid dienone is 2. The molecule has 2 aliphatic heterocycles. The first-order valence-corrected chi connectivity index (χ1v) is 14.4. The Kier molecular flexibility index (Phi) is 4.77. The largest absolute Gasteiger partial charge is 0.497 e. The molecule has 4 heterocycles. The van der Waals surface area contributed by atoms with E-state index in [0.29, 0.717) is 22.6 Å². The standard InChI is InChI=1S/C35H27N3O5/c1-41-21-8-4-18(5-9-21)17-36-34(39)30-28-24-15-22(42-2)10-12-26(24)37-19-6-7-20(14-19)38-27-13-11-23(43-3)16-25(27)29(31(30)35(36)40)33(38)32(28)37/h4-13,15-16,19-20H,14,17H2,1-3H3. The number of hydrogen-bond acceptors (Lipinski definition) is 5. The van der Waals surface area contributed by atoms with Gasteiger partial charge in [0.15, 0.2) is 0 Å². The van der Waals surface area contributed by atoms with Crippen molar-refractivity contribution in [3.63, 3.8) is 0 Å². The number of methoxy groups -OCH3 is 3. The fraction of sp³-hybridized carbons (Fsp3) is 0.200. The zero-order valence-corrected chi connectivity index (χ0v) is 23.9. The van der Waals surface area contributed by atoms with E-state index in [2.05, 4.69) is 33.4 Å². The third-order valence-corrected chi connectivity index (χ3v) is 9.51. The molecule has 2 unspecified atom stereocenters. The van der Waals surface area contributed by atoms with E-state index in [1.54, 1.807) is 21.3 Å². The number of fused-ring (bicyclic) bond motifs is 13. The van der Waals surface area contributed by atoms with Crippen LogP contribution in [0.25, 0.3) is 43.6 Å². The molecule has 8 heteroatoms. The Morgan fingerprint density at radius 1 is 0.651 bits per heavy atom. The van der Waals surface area contributed by atoms with Crippen LogP contribution in [-0.2, 0) is 6.54 Å². The Labute approximate surface area is 246 Å². The van der Waals surface area contributed by atoms with Crippen molar-refractivity contribution in [1.29, 1.82) is 0 Å². The van der Waals surface area contributed by atoms with Gasteiger partial charge in [-0.15, -0.1) is 0 Å². The van der Waals surface area contributed by atoms with Gasteiger partial charge in [0.2, 0.25) is 0 Å². The summed E-state index contributed by atoms with van der Waals surface area (Å²) >= 11 is 0. The predicted octanol–water partition coefficient (Wildman–Crippen LogP) is 6.78. The normalized spacial score (nSPS) is 18.5. The number of hydrogen-bond donors (Lipinski definition) is 0. The first-order chi connectivity index (χ1) is 21.0. The summed E-state index contributed by atoms with van der Waals surface area (Å²) in [5.74, 6) is 1.56. The van der Waals surface area contributed by atoms with Crippen LogP contribution in [-0.4, -0.2) is 47.2 Å². The van der Waals surface area contributed by atoms with Crippen molar-refractivity contribution in [2.45, 2.75) is 25.0 Å². The minimum absolute atomic E-state index is 0.121. The van der Waals surface area contributed by atoms with Gasteiger partial charge >= 0.3 is 0 Å². The molecule has 4 aromatic carbocycles. The van der Waals surface area contributed by atoms with Gasteiger partial charge in [0, 0.05) is 21.5 Å². The van der Waals surface area contributed by atoms with Crippen LogP contribution in [0, 0.1) is 0 Å². The smallest absolute Gasteiger partial charge is 0.262 e. The van der Waals surface area contributed by atoms with E-state index in [9.17, 15) is 9.59 Å². The van der Waals surface area contributed by atoms with Crippen molar-refractivity contribution < 1.29 is 23.8 Å². The number of amides is 2. The molecular formula is C35H27N3O5. The second kappa shape index (κ2) is 8.41. The lowest BCUT2D eigenvalue weighted by Crippen LogP contribution is -2.29. The van der Waals surface area contributed by atoms with E-state index < -0.39 is 0 Å². The van der Waals surface area contributed by atoms with Crippen LogP contribution in [0.1, 0.15) is 44.8 Å². The number of imide groups is 1. The quantitative estimate of drug-likeness (QED) is 0.169. The Hall–Kier alpha value is -5.24. The number of carbonyl (C=O) groups is 2. The van der Waals surface area contributed by atoms with Gasteiger partial charge in [0.1, 0.15) is 17.2 Å². The summed E-state index contributed by atoms with van der Waals surface area (Å²) in [7, 11) is 4.91. The van der Waals surface area contributed by atoms with Crippen molar-refractivity contribution in [3.8, 4) is 17.2 Å². The van der Waals surface area contributed by atoms with E-state index >= 15 is 0 Å². The van der Waals surface area contributed by atoms with E-state index in [1.807, 2.05) is 48.5 Å². The summed E-state index contributed by atoms with van der Waals surface area (Å²) in [6.07, 6.45) is 5.43. The van der Waals surface area contributed by atoms with Crippen LogP contribution < -0.4 is 14.2 Å². The molecule has 212 valence electrons. The first kappa shape index (κ1) is 24.4. The van der Waals surface area contributed by atoms with Crippen molar-refractivity contribution in [2.24, 2.45) is 0 Å². The van der Waals surface area contributed by atoms with Crippen LogP contribution in [0.3, 0.4) is 0 Å². The monoisotopic (exact) mass is 569 g/mol. The average molecular weight is 570 g/mol. The van der Waals surface area contributed by atoms with Gasteiger partial charge in [-0.3, -0.25) is 14.5 Å². The van der Waals surface area contributed by atoms with Crippen LogP contribution in [0.15, 0.2) is 72.8 Å². The third kappa shape index (κ3) is 3.00. The summed E-state index contributed by atoms with van der Waals surface area (Å²) in [6, 6.07) is 19.8. The van der Waals surface area contributed by atoms with Gasteiger partial charge in [-0.25, -0.2) is 0 Å². The van der Waals surface area contributed by atoms with Crippen molar-refractivity contribution in [3.05, 3.63) is 89.5 Å². The number of rotatable bonds is 5. The van der Waals surface area contributed by atoms with Gasteiger partial charge < -0.3 is 23.3 Å². The zero-order chi connectivity index (χ0) is 29.1. The lowest BCUT2D eigenvalue weighted by molar-refractivity contribution is 0.0643. The number of benzene rings is 4. The van der Waals surface area contributed by atoms with E-state index in [0.717, 1.165) is 61.3 Å². The summed E-state index contributed by atoms with van der Waals surface area (Å²) in [6.45, 7) is 0.163. The molecule has 2 bridgehead atoms. The zero-order valence-electron chi connectivity index (χ0n) is 23.9. The Morgan fingerprint density at radius 2 is 1.12 bits per heavy atom. The molecule has 0 fully saturated rings. The van der Waals surface area contributed by atoms with Gasteiger partial charge in [-0.2, -0.15) is 0 Å². The summed E-state index contributed by atoms with van der Waals surface area (Å²) < 4.78 is 21.3. The second-order valence-electron chi connectivity index (χ2n) is 11.5. The number of ether oxygens (including phenoxy) is 3. The molecule has 43 heavy (non-hydrogen) atoms. The van der Waals surface area contributed by atoms with Crippen LogP contribution in [0.2, 0.25) is 0 Å². The fourth-order valence-corrected chi connectivity index (χ4v) is 7.64. The molecule has 2 amide bonds. The highest BCUT2D eigenvalue weighted by molar-refractivity contribution is 6.39. The lowest BCUT2D eigenvalue weighted by atomic mass is 9.96. The maximum Gasteiger partial charge on any atom is 0.262 e. The molecule has 2 aromatic heterocycles. The van der Waals surface area contributed by atoms with E-state index in [-0.39, 0.29) is 30.4 Å². The second-order valence-corrected chi connectivity index (χ2v) is 11.5. The highest BCUT2D eigenvalue weighted by atomic mass is 16.5. The van der Waals surface area contributed by atoms with Gasteiger partial charge in [0.25, 0.3) is 11.8 Å². The van der Waals surface area contributed by atoms with Crippen molar-refractivity contribution >= 4 is 55.4 Å². The van der Waals surface area contributed by atoms with Crippen molar-refractivity contribution in [2.75, 3.05) is 21.3 Å². The van der Waals surface area contributed by atoms with Gasteiger partial charge in [-0.05, 0) is 60.5 Å². The summed E-state index contributed by atoms with van der Waals surface area (Å²) in [5, 5.41) is 3.44. The SMILES string of the molecule is COc1ccc(CN2C(=O)c3c(c4c5cc(OC)ccc5n5c4c4c3c3cc(OC)ccc3n4C3C=CC5C3)C2=O)cc1. The lowest BCUT2D eigenvalue weighted by Gasteiger charge is -2.15. The summed E-state index contributed by atoms with van der Waals surface area (Å²) in [5.41, 5.74) is 5.77. The molecule has 2 atom stereocenters. The van der Waals surface area contributed by atoms with Gasteiger partial charge in [0.05, 0.1) is 73.2 Å². The molecule has 6 aromatic rings. The maximum absolute atomic E-state index is 14.5. The van der Waals surface area contributed by atoms with E-state index in [4.69, 9.17) is 14.2 Å². The molecule has 0 N–H and O–H groups in total. The first-order valence-electron chi connectivity index (χ1n) is 14.4. The third-order valence-electron chi connectivity index (χ3n) is 9.51. The molecule has 0 spiro atoms. The minimum Gasteiger partial charge on any atom is -0.497 e. The number of aromatic nitrogens is 2. The number of carbonyl (C=O) groups excluding carboxylic acids is 2. The Bertz CT molecular complexity index is 2120. The topological polar surface area (TPSA) is 74.9 Å². The van der Waals surface area contributed by atoms with Gasteiger partial charge in [-0.1, -0.05) is 24.3 Å². The molecule has 0 saturated carbocycles. The molecular weight excluding hydrogens is 542 g/mol. The predicted molar refractivity (Wildman–Crippen MR) is 165 cm³/mol. The Morgan fingerprint density at radius 3 is 1.58 bits per heavy atom. The fourth-order valence-electron chi connectivity index (χ4n) is 7.64. The molecule has 1 aliphatic carbocycles. The minimum atomic E-state index is -0.284. The Balaban J connectivity index is 1.44. The molecule has 9 rings (SSSR count).